The van der Waals surface area contributed by atoms with Gasteiger partial charge in [-0.25, -0.2) is 0 Å². The lowest BCUT2D eigenvalue weighted by molar-refractivity contribution is -0.157. The summed E-state index contributed by atoms with van der Waals surface area (Å²) in [5.41, 5.74) is -1.29. The zero-order chi connectivity index (χ0) is 67.8. The van der Waals surface area contributed by atoms with Crippen LogP contribution in [0.5, 0.6) is 0 Å². The monoisotopic (exact) mass is 1230 g/mol. The minimum atomic E-state index is -1.60. The van der Waals surface area contributed by atoms with Gasteiger partial charge in [0.2, 0.25) is 53.2 Å². The van der Waals surface area contributed by atoms with Gasteiger partial charge in [-0.3, -0.25) is 52.7 Å². The predicted octanol–water partition coefficient (Wildman–Crippen LogP) is 5.04. The highest BCUT2D eigenvalue weighted by Gasteiger charge is 2.47. The Hall–Kier alpha value is -5.51. The number of Topliss-reactive ketones (excluding diaryl/α,β-unsaturated/α-hetero) is 2. The number of aliphatic hydroxyl groups excluding tert-OH is 2. The summed E-state index contributed by atoms with van der Waals surface area (Å²) in [6.45, 7) is 30.7. The lowest BCUT2D eigenvalue weighted by atomic mass is 9.77. The van der Waals surface area contributed by atoms with E-state index in [-0.39, 0.29) is 49.9 Å². The molecule has 1 aliphatic heterocycles. The van der Waals surface area contributed by atoms with Crippen LogP contribution < -0.4 is 10.6 Å². The van der Waals surface area contributed by atoms with E-state index in [4.69, 9.17) is 0 Å². The Bertz CT molecular complexity index is 2360. The number of amides is 9. The summed E-state index contributed by atoms with van der Waals surface area (Å²) in [7, 11) is 9.96. The average Bonchev–Trinajstić information content (AvgIpc) is 1.40. The lowest BCUT2D eigenvalue weighted by Gasteiger charge is -2.42. The summed E-state index contributed by atoms with van der Waals surface area (Å²) in [5.74, 6) is -10.9. The molecule has 500 valence electrons. The molecule has 0 aliphatic carbocycles. The van der Waals surface area contributed by atoms with Crippen molar-refractivity contribution in [3.8, 4) is 0 Å². The van der Waals surface area contributed by atoms with E-state index in [0.29, 0.717) is 12.8 Å². The fraction of sp³-hybridized carbons (Fsp3) is 0.831. The molecule has 0 bridgehead atoms. The Kier molecular flexibility index (Phi) is 32.0. The highest BCUT2D eigenvalue weighted by Crippen LogP contribution is 2.32. The number of rotatable bonds is 16. The third-order valence-corrected chi connectivity index (χ3v) is 17.8. The third kappa shape index (κ3) is 21.0. The van der Waals surface area contributed by atoms with E-state index in [1.54, 1.807) is 55.4 Å². The van der Waals surface area contributed by atoms with Gasteiger partial charge in [-0.2, -0.15) is 0 Å². The van der Waals surface area contributed by atoms with E-state index in [1.807, 2.05) is 48.5 Å². The lowest BCUT2D eigenvalue weighted by Crippen LogP contribution is -2.64. The van der Waals surface area contributed by atoms with Crippen LogP contribution in [0.3, 0.4) is 0 Å². The SMILES string of the molecule is CCCC[C@@H](C)[C@@H](O)[C@H]1C(=O)N[C@@H](CC)C(=O)N(C)[C@H](C)C(=O)N(C)[C@@H](C(C)(C)CO)C(=O)C[C@@H](C(C)C)C(=O)N(C)[C@@H](CC(C)C)C(=O)C[C@@H](C)C(=O)N[C@H](C)C(=O)N(C)[C@@H](CC(C)C)C(=O)N(C)[C@@H](CC(C)C)C(=O)N(C)[C@@H](C(C)C)C(=O)N1C. The third-order valence-electron chi connectivity index (χ3n) is 17.8. The average molecular weight is 1230 g/mol. The first-order valence-electron chi connectivity index (χ1n) is 31.8. The van der Waals surface area contributed by atoms with Crippen molar-refractivity contribution in [3.05, 3.63) is 0 Å². The van der Waals surface area contributed by atoms with E-state index < -0.39 is 173 Å². The van der Waals surface area contributed by atoms with E-state index in [0.717, 1.165) is 21.1 Å². The summed E-state index contributed by atoms with van der Waals surface area (Å²) >= 11 is 0. The Morgan fingerprint density at radius 2 is 0.966 bits per heavy atom. The van der Waals surface area contributed by atoms with Crippen LogP contribution in [-0.4, -0.2) is 226 Å². The molecule has 0 aromatic rings. The van der Waals surface area contributed by atoms with Crippen molar-refractivity contribution in [2.24, 2.45) is 52.8 Å². The maximum absolute atomic E-state index is 15.2. The van der Waals surface area contributed by atoms with E-state index >= 15 is 9.59 Å². The molecule has 1 fully saturated rings. The number of hydrogen-bond donors (Lipinski definition) is 4. The van der Waals surface area contributed by atoms with Gasteiger partial charge >= 0.3 is 0 Å². The number of aliphatic hydroxyl groups is 2. The quantitative estimate of drug-likeness (QED) is 0.158. The highest BCUT2D eigenvalue weighted by molar-refractivity contribution is 6.00. The molecule has 13 atom stereocenters. The van der Waals surface area contributed by atoms with Crippen LogP contribution in [0.4, 0.5) is 0 Å². The Morgan fingerprint density at radius 1 is 0.506 bits per heavy atom. The molecule has 9 amide bonds. The molecule has 22 nitrogen and oxygen atoms in total. The number of carbonyl (C=O) groups is 11. The summed E-state index contributed by atoms with van der Waals surface area (Å²) < 4.78 is 0. The Morgan fingerprint density at radius 3 is 1.41 bits per heavy atom. The summed E-state index contributed by atoms with van der Waals surface area (Å²) in [5, 5.41) is 28.5. The number of ketones is 2. The van der Waals surface area contributed by atoms with Gasteiger partial charge in [-0.05, 0) is 81.5 Å². The Balaban J connectivity index is 4.41. The van der Waals surface area contributed by atoms with Crippen LogP contribution in [0.25, 0.3) is 0 Å². The van der Waals surface area contributed by atoms with Gasteiger partial charge in [-0.1, -0.05) is 124 Å². The van der Waals surface area contributed by atoms with Crippen molar-refractivity contribution in [1.82, 2.24) is 44.9 Å². The molecule has 0 aromatic carbocycles. The first-order valence-corrected chi connectivity index (χ1v) is 31.8. The van der Waals surface area contributed by atoms with Crippen molar-refractivity contribution in [2.45, 2.75) is 243 Å². The second-order valence-electron chi connectivity index (χ2n) is 27.8. The molecule has 0 saturated carbocycles. The van der Waals surface area contributed by atoms with Gasteiger partial charge in [0.25, 0.3) is 0 Å². The van der Waals surface area contributed by atoms with Gasteiger partial charge in [0.05, 0.1) is 24.8 Å². The molecule has 87 heavy (non-hydrogen) atoms. The maximum Gasteiger partial charge on any atom is 0.246 e. The number of likely N-dealkylation sites (N-methyl/N-ethyl adjacent to an activating group) is 7. The maximum atomic E-state index is 15.2. The smallest absolute Gasteiger partial charge is 0.246 e. The van der Waals surface area contributed by atoms with Gasteiger partial charge in [0.1, 0.15) is 42.3 Å². The molecule has 22 heteroatoms. The van der Waals surface area contributed by atoms with Crippen LogP contribution in [-0.2, 0) is 52.7 Å². The van der Waals surface area contributed by atoms with Gasteiger partial charge < -0.3 is 55.1 Å². The van der Waals surface area contributed by atoms with Crippen LogP contribution in [0.1, 0.15) is 182 Å². The van der Waals surface area contributed by atoms with Crippen LogP contribution in [0.15, 0.2) is 0 Å². The minimum Gasteiger partial charge on any atom is -0.396 e. The zero-order valence-electron chi connectivity index (χ0n) is 58.0. The van der Waals surface area contributed by atoms with Crippen molar-refractivity contribution < 1.29 is 63.0 Å². The molecule has 1 saturated heterocycles. The predicted molar refractivity (Wildman–Crippen MR) is 337 cm³/mol. The van der Waals surface area contributed by atoms with E-state index in [9.17, 15) is 53.4 Å². The van der Waals surface area contributed by atoms with Crippen molar-refractivity contribution >= 4 is 64.7 Å². The first kappa shape index (κ1) is 79.5. The standard InChI is InChI=1S/C65H117N9O13/c1-26-28-29-41(13)54(78)53-57(80)67-46(27-2)61(84)68(19)44(16)59(82)74(25)55(65(17,18)35-75)51(77)34-45(39(9)10)60(83)69(20)47(30-36(3)4)50(76)33-42(14)56(79)66-43(15)58(81)70(21)48(31-37(5)6)62(85)71(22)49(32-38(7)8)63(86)72(23)52(40(11)12)64(87)73(53)24/h36-49,52-55,75,78H,26-35H2,1-25H3,(H,66,79)(H,67,80)/t41-,42-,43-,44-,45+,46+,47+,48+,49+,52+,53+,54-,55-/m1/s1. The first-order chi connectivity index (χ1) is 40.0. The second kappa shape index (κ2) is 35.0. The van der Waals surface area contributed by atoms with Crippen molar-refractivity contribution in [3.63, 3.8) is 0 Å². The summed E-state index contributed by atoms with van der Waals surface area (Å²) in [6.07, 6.45) is 0.287. The number of unbranched alkanes of at least 4 members (excludes halogenated alkanes) is 1. The number of nitrogens with zero attached hydrogens (tertiary/aromatic N) is 7. The molecule has 0 spiro atoms. The number of nitrogens with one attached hydrogen (secondary N) is 2. The van der Waals surface area contributed by atoms with E-state index in [2.05, 4.69) is 10.6 Å². The Labute approximate surface area is 522 Å². The molecule has 1 aliphatic rings. The van der Waals surface area contributed by atoms with Crippen molar-refractivity contribution in [2.75, 3.05) is 55.9 Å². The molecular weight excluding hydrogens is 1110 g/mol. The molecule has 1 rings (SSSR count). The summed E-state index contributed by atoms with van der Waals surface area (Å²) in [4.78, 5) is 171. The highest BCUT2D eigenvalue weighted by atomic mass is 16.3. The number of carbonyl (C=O) groups excluding carboxylic acids is 11. The molecule has 0 radical (unpaired) electrons. The molecule has 4 N–H and O–H groups in total. The van der Waals surface area contributed by atoms with Crippen molar-refractivity contribution in [1.29, 1.82) is 0 Å². The fourth-order valence-electron chi connectivity index (χ4n) is 11.9. The van der Waals surface area contributed by atoms with Gasteiger partial charge in [0.15, 0.2) is 11.6 Å². The molecular formula is C65H117N9O13. The van der Waals surface area contributed by atoms with E-state index in [1.165, 1.54) is 89.7 Å². The molecule has 0 unspecified atom stereocenters. The summed E-state index contributed by atoms with van der Waals surface area (Å²) in [6, 6.07) is -11.3. The molecule has 0 aromatic heterocycles. The minimum absolute atomic E-state index is 0.00322. The number of hydrogen-bond acceptors (Lipinski definition) is 13. The topological polar surface area (TPSA) is 275 Å². The fourth-order valence-corrected chi connectivity index (χ4v) is 11.9. The zero-order valence-corrected chi connectivity index (χ0v) is 58.0. The largest absolute Gasteiger partial charge is 0.396 e. The van der Waals surface area contributed by atoms with Crippen LogP contribution in [0.2, 0.25) is 0 Å². The normalized spacial score (nSPS) is 27.7. The van der Waals surface area contributed by atoms with Crippen LogP contribution >= 0.6 is 0 Å². The van der Waals surface area contributed by atoms with Crippen LogP contribution in [0, 0.1) is 52.8 Å². The second-order valence-corrected chi connectivity index (χ2v) is 27.8. The van der Waals surface area contributed by atoms with Gasteiger partial charge in [0, 0.05) is 79.4 Å². The van der Waals surface area contributed by atoms with Gasteiger partial charge in [-0.15, -0.1) is 0 Å². The molecule has 1 heterocycles.